The summed E-state index contributed by atoms with van der Waals surface area (Å²) in [4.78, 5) is 29.7. The minimum absolute atomic E-state index is 0.0175. The van der Waals surface area contributed by atoms with Gasteiger partial charge in [-0.2, -0.15) is 0 Å². The molecule has 0 spiro atoms. The van der Waals surface area contributed by atoms with Crippen LogP contribution in [-0.2, 0) is 9.59 Å². The third kappa shape index (κ3) is 4.88. The van der Waals surface area contributed by atoms with E-state index in [-0.39, 0.29) is 18.4 Å². The molecule has 1 N–H and O–H groups in total. The summed E-state index contributed by atoms with van der Waals surface area (Å²) < 4.78 is 11.3. The van der Waals surface area contributed by atoms with Crippen LogP contribution >= 0.6 is 11.6 Å². The molecular formula is C23H26ClN3O4. The zero-order valence-electron chi connectivity index (χ0n) is 17.5. The second-order valence-electron chi connectivity index (χ2n) is 7.73. The van der Waals surface area contributed by atoms with Gasteiger partial charge in [0.05, 0.1) is 31.6 Å². The number of ether oxygens (including phenoxy) is 2. The van der Waals surface area contributed by atoms with E-state index in [1.165, 1.54) is 7.11 Å². The van der Waals surface area contributed by atoms with E-state index >= 15 is 0 Å². The van der Waals surface area contributed by atoms with Crippen molar-refractivity contribution in [1.29, 1.82) is 0 Å². The minimum atomic E-state index is -0.637. The number of halogens is 1. The number of rotatable bonds is 5. The van der Waals surface area contributed by atoms with E-state index in [2.05, 4.69) is 5.32 Å². The van der Waals surface area contributed by atoms with Gasteiger partial charge < -0.3 is 24.6 Å². The first kappa shape index (κ1) is 21.3. The van der Waals surface area contributed by atoms with Crippen molar-refractivity contribution in [2.45, 2.75) is 25.4 Å². The summed E-state index contributed by atoms with van der Waals surface area (Å²) in [6.07, 6.45) is 2.55. The Hall–Kier alpha value is -2.93. The zero-order chi connectivity index (χ0) is 21.8. The van der Waals surface area contributed by atoms with Crippen LogP contribution in [0.4, 0.5) is 11.4 Å². The number of carbonyl (C=O) groups excluding carboxylic acids is 2. The van der Waals surface area contributed by atoms with Gasteiger partial charge in [-0.3, -0.25) is 9.59 Å². The quantitative estimate of drug-likeness (QED) is 0.765. The lowest BCUT2D eigenvalue weighted by atomic mass is 10.1. The van der Waals surface area contributed by atoms with Crippen molar-refractivity contribution in [2.75, 3.05) is 43.5 Å². The number of para-hydroxylation sites is 2. The first-order valence-corrected chi connectivity index (χ1v) is 10.9. The molecule has 7 nitrogen and oxygen atoms in total. The molecule has 2 aliphatic rings. The van der Waals surface area contributed by atoms with Gasteiger partial charge >= 0.3 is 0 Å². The molecule has 1 fully saturated rings. The number of hydrogen-bond acceptors (Lipinski definition) is 5. The summed E-state index contributed by atoms with van der Waals surface area (Å²) in [7, 11) is 1.54. The Morgan fingerprint density at radius 3 is 2.71 bits per heavy atom. The standard InChI is InChI=1S/C23H26ClN3O4/c1-30-19-10-9-16(24)13-17(19)25-22(28)15-27-14-21(23(29)26-11-5-2-6-12-26)31-20-8-4-3-7-18(20)27/h3-4,7-10,13,21H,2,5-6,11-12,14-15H2,1H3,(H,25,28)/t21-/m1/s1. The van der Waals surface area contributed by atoms with Gasteiger partial charge in [-0.15, -0.1) is 0 Å². The summed E-state index contributed by atoms with van der Waals surface area (Å²) in [5, 5.41) is 3.36. The second-order valence-corrected chi connectivity index (χ2v) is 8.17. The number of piperidine rings is 1. The Morgan fingerprint density at radius 2 is 1.94 bits per heavy atom. The van der Waals surface area contributed by atoms with Crippen LogP contribution in [0.1, 0.15) is 19.3 Å². The molecule has 8 heteroatoms. The van der Waals surface area contributed by atoms with Crippen LogP contribution in [-0.4, -0.2) is 56.1 Å². The summed E-state index contributed by atoms with van der Waals surface area (Å²) in [6.45, 7) is 1.90. The maximum atomic E-state index is 13.0. The number of nitrogens with one attached hydrogen (secondary N) is 1. The first-order valence-electron chi connectivity index (χ1n) is 10.5. The topological polar surface area (TPSA) is 71.1 Å². The number of carbonyl (C=O) groups is 2. The fourth-order valence-corrected chi connectivity index (χ4v) is 4.22. The van der Waals surface area contributed by atoms with Gasteiger partial charge in [0.1, 0.15) is 11.5 Å². The SMILES string of the molecule is COc1ccc(Cl)cc1NC(=O)CN1C[C@H](C(=O)N2CCCCC2)Oc2ccccc21. The van der Waals surface area contributed by atoms with Gasteiger partial charge in [0.15, 0.2) is 6.10 Å². The molecule has 2 aliphatic heterocycles. The van der Waals surface area contributed by atoms with Crippen molar-refractivity contribution in [1.82, 2.24) is 4.90 Å². The lowest BCUT2D eigenvalue weighted by Gasteiger charge is -2.38. The molecule has 4 rings (SSSR count). The maximum absolute atomic E-state index is 13.0. The Bertz CT molecular complexity index is 962. The smallest absolute Gasteiger partial charge is 0.265 e. The molecule has 2 amide bonds. The van der Waals surface area contributed by atoms with E-state index in [0.29, 0.717) is 28.8 Å². The molecular weight excluding hydrogens is 418 g/mol. The van der Waals surface area contributed by atoms with E-state index in [0.717, 1.165) is 38.0 Å². The molecule has 31 heavy (non-hydrogen) atoms. The molecule has 0 aliphatic carbocycles. The monoisotopic (exact) mass is 443 g/mol. The Balaban J connectivity index is 1.50. The number of likely N-dealkylation sites (tertiary alicyclic amines) is 1. The molecule has 0 radical (unpaired) electrons. The minimum Gasteiger partial charge on any atom is -0.495 e. The van der Waals surface area contributed by atoms with Crippen molar-refractivity contribution < 1.29 is 19.1 Å². The van der Waals surface area contributed by atoms with Crippen LogP contribution in [0.3, 0.4) is 0 Å². The number of fused-ring (bicyclic) bond motifs is 1. The zero-order valence-corrected chi connectivity index (χ0v) is 18.2. The Morgan fingerprint density at radius 1 is 1.16 bits per heavy atom. The van der Waals surface area contributed by atoms with Gasteiger partial charge in [-0.25, -0.2) is 0 Å². The molecule has 0 bridgehead atoms. The molecule has 1 atom stereocenters. The van der Waals surface area contributed by atoms with Crippen LogP contribution in [0.15, 0.2) is 42.5 Å². The van der Waals surface area contributed by atoms with Crippen LogP contribution < -0.4 is 19.7 Å². The average molecular weight is 444 g/mol. The molecule has 2 aromatic rings. The van der Waals surface area contributed by atoms with Crippen molar-refractivity contribution >= 4 is 34.8 Å². The van der Waals surface area contributed by atoms with Crippen molar-refractivity contribution in [3.8, 4) is 11.5 Å². The van der Waals surface area contributed by atoms with E-state index < -0.39 is 6.10 Å². The van der Waals surface area contributed by atoms with Gasteiger partial charge in [0, 0.05) is 18.1 Å². The van der Waals surface area contributed by atoms with E-state index in [4.69, 9.17) is 21.1 Å². The van der Waals surface area contributed by atoms with Crippen LogP contribution in [0.25, 0.3) is 0 Å². The number of anilines is 2. The van der Waals surface area contributed by atoms with E-state index in [1.807, 2.05) is 34.1 Å². The molecule has 0 aromatic heterocycles. The van der Waals surface area contributed by atoms with Crippen LogP contribution in [0.2, 0.25) is 5.02 Å². The van der Waals surface area contributed by atoms with Gasteiger partial charge in [0.25, 0.3) is 5.91 Å². The first-order chi connectivity index (χ1) is 15.0. The van der Waals surface area contributed by atoms with Crippen molar-refractivity contribution in [3.63, 3.8) is 0 Å². The fourth-order valence-electron chi connectivity index (χ4n) is 4.04. The molecule has 0 saturated carbocycles. The highest BCUT2D eigenvalue weighted by Gasteiger charge is 2.34. The summed E-state index contributed by atoms with van der Waals surface area (Å²) >= 11 is 6.07. The average Bonchev–Trinajstić information content (AvgIpc) is 2.79. The highest BCUT2D eigenvalue weighted by atomic mass is 35.5. The molecule has 2 heterocycles. The molecule has 1 saturated heterocycles. The van der Waals surface area contributed by atoms with Crippen LogP contribution in [0, 0.1) is 0 Å². The Kier molecular flexibility index (Phi) is 6.51. The van der Waals surface area contributed by atoms with Gasteiger partial charge in [0.2, 0.25) is 5.91 Å². The molecule has 2 aromatic carbocycles. The highest BCUT2D eigenvalue weighted by Crippen LogP contribution is 2.34. The Labute approximate surface area is 186 Å². The van der Waals surface area contributed by atoms with Gasteiger partial charge in [-0.1, -0.05) is 23.7 Å². The maximum Gasteiger partial charge on any atom is 0.265 e. The van der Waals surface area contributed by atoms with Crippen molar-refractivity contribution in [2.24, 2.45) is 0 Å². The molecule has 0 unspecified atom stereocenters. The summed E-state index contributed by atoms with van der Waals surface area (Å²) in [5.41, 5.74) is 1.29. The van der Waals surface area contributed by atoms with Crippen LogP contribution in [0.5, 0.6) is 11.5 Å². The van der Waals surface area contributed by atoms with E-state index in [1.54, 1.807) is 18.2 Å². The predicted molar refractivity (Wildman–Crippen MR) is 120 cm³/mol. The number of nitrogens with zero attached hydrogens (tertiary/aromatic N) is 2. The molecule has 164 valence electrons. The number of hydrogen-bond donors (Lipinski definition) is 1. The predicted octanol–water partition coefficient (Wildman–Crippen LogP) is 3.57. The number of amides is 2. The lowest BCUT2D eigenvalue weighted by Crippen LogP contribution is -2.52. The van der Waals surface area contributed by atoms with E-state index in [9.17, 15) is 9.59 Å². The normalized spacial score (nSPS) is 18.1. The third-order valence-electron chi connectivity index (χ3n) is 5.57. The number of methoxy groups -OCH3 is 1. The lowest BCUT2D eigenvalue weighted by molar-refractivity contribution is -0.139. The van der Waals surface area contributed by atoms with Crippen molar-refractivity contribution in [3.05, 3.63) is 47.5 Å². The summed E-state index contributed by atoms with van der Waals surface area (Å²) in [5.74, 6) is 0.882. The fraction of sp³-hybridized carbons (Fsp3) is 0.391. The number of benzene rings is 2. The second kappa shape index (κ2) is 9.47. The van der Waals surface area contributed by atoms with Gasteiger partial charge in [-0.05, 0) is 49.6 Å². The summed E-state index contributed by atoms with van der Waals surface area (Å²) in [6, 6.07) is 12.5. The largest absolute Gasteiger partial charge is 0.495 e. The third-order valence-corrected chi connectivity index (χ3v) is 5.81. The highest BCUT2D eigenvalue weighted by molar-refractivity contribution is 6.31.